The van der Waals surface area contributed by atoms with Crippen LogP contribution in [0.25, 0.3) is 10.9 Å². The first-order chi connectivity index (χ1) is 10.6. The van der Waals surface area contributed by atoms with Crippen molar-refractivity contribution in [2.24, 2.45) is 0 Å². The fourth-order valence-corrected chi connectivity index (χ4v) is 2.39. The van der Waals surface area contributed by atoms with E-state index in [-0.39, 0.29) is 11.4 Å². The zero-order chi connectivity index (χ0) is 15.5. The molecule has 0 radical (unpaired) electrons. The Bertz CT molecular complexity index is 808. The van der Waals surface area contributed by atoms with E-state index in [4.69, 9.17) is 4.74 Å². The molecule has 0 unspecified atom stereocenters. The molecule has 0 bridgehead atoms. The Kier molecular flexibility index (Phi) is 3.78. The maximum Gasteiger partial charge on any atom is 0.337 e. The zero-order valence-electron chi connectivity index (χ0n) is 11.7. The molecule has 5 heteroatoms. The molecule has 0 aliphatic carbocycles. The number of carbonyl (C=O) groups is 1. The Balaban J connectivity index is 1.76. The summed E-state index contributed by atoms with van der Waals surface area (Å²) in [6, 6.07) is 13.1. The highest BCUT2D eigenvalue weighted by molar-refractivity contribution is 6.03. The smallest absolute Gasteiger partial charge is 0.337 e. The van der Waals surface area contributed by atoms with E-state index < -0.39 is 5.97 Å². The van der Waals surface area contributed by atoms with Crippen LogP contribution in [0.1, 0.15) is 10.4 Å². The van der Waals surface area contributed by atoms with Crippen LogP contribution in [-0.4, -0.2) is 22.2 Å². The molecule has 0 saturated carbocycles. The van der Waals surface area contributed by atoms with Crippen LogP contribution < -0.4 is 4.74 Å². The molecule has 22 heavy (non-hydrogen) atoms. The molecule has 0 amide bonds. The van der Waals surface area contributed by atoms with Crippen molar-refractivity contribution in [3.05, 3.63) is 66.1 Å². The van der Waals surface area contributed by atoms with Gasteiger partial charge in [0.1, 0.15) is 18.2 Å². The molecule has 0 saturated heterocycles. The van der Waals surface area contributed by atoms with Gasteiger partial charge in [-0.1, -0.05) is 18.2 Å². The summed E-state index contributed by atoms with van der Waals surface area (Å²) in [6.45, 7) is 0.870. The summed E-state index contributed by atoms with van der Waals surface area (Å²) in [7, 11) is 0. The third-order valence-corrected chi connectivity index (χ3v) is 3.43. The van der Waals surface area contributed by atoms with Gasteiger partial charge in [0.15, 0.2) is 0 Å². The maximum atomic E-state index is 12.8. The summed E-state index contributed by atoms with van der Waals surface area (Å²) < 4.78 is 20.2. The summed E-state index contributed by atoms with van der Waals surface area (Å²) in [5.41, 5.74) is 1.12. The lowest BCUT2D eigenvalue weighted by atomic mass is 10.2. The molecular weight excluding hydrogens is 285 g/mol. The number of aromatic nitrogens is 1. The Labute approximate surface area is 126 Å². The predicted molar refractivity (Wildman–Crippen MR) is 80.8 cm³/mol. The molecule has 112 valence electrons. The second-order valence-corrected chi connectivity index (χ2v) is 4.86. The molecule has 3 rings (SSSR count). The molecule has 1 heterocycles. The van der Waals surface area contributed by atoms with Gasteiger partial charge in [0.2, 0.25) is 0 Å². The van der Waals surface area contributed by atoms with Gasteiger partial charge in [-0.25, -0.2) is 9.18 Å². The van der Waals surface area contributed by atoms with E-state index in [1.165, 1.54) is 12.1 Å². The number of para-hydroxylation sites is 1. The quantitative estimate of drug-likeness (QED) is 0.783. The molecule has 1 N–H and O–H groups in total. The first-order valence-corrected chi connectivity index (χ1v) is 6.84. The Morgan fingerprint density at radius 1 is 1.14 bits per heavy atom. The van der Waals surface area contributed by atoms with Crippen molar-refractivity contribution in [3.63, 3.8) is 0 Å². The van der Waals surface area contributed by atoms with Crippen molar-refractivity contribution in [3.8, 4) is 5.75 Å². The van der Waals surface area contributed by atoms with Gasteiger partial charge < -0.3 is 14.4 Å². The average Bonchev–Trinajstić information content (AvgIpc) is 2.89. The van der Waals surface area contributed by atoms with Crippen molar-refractivity contribution < 1.29 is 19.0 Å². The minimum atomic E-state index is -0.950. The van der Waals surface area contributed by atoms with Crippen LogP contribution in [0.15, 0.2) is 54.7 Å². The number of ether oxygens (including phenoxy) is 1. The number of rotatable bonds is 5. The number of hydrogen-bond acceptors (Lipinski definition) is 2. The standard InChI is InChI=1S/C17H14FNO3/c18-12-5-7-13(8-6-12)22-10-9-19-11-15(17(20)21)14-3-1-2-4-16(14)19/h1-8,11H,9-10H2,(H,20,21). The topological polar surface area (TPSA) is 51.5 Å². The zero-order valence-corrected chi connectivity index (χ0v) is 11.7. The minimum absolute atomic E-state index is 0.275. The van der Waals surface area contributed by atoms with E-state index in [1.54, 1.807) is 24.4 Å². The van der Waals surface area contributed by atoms with Gasteiger partial charge in [0, 0.05) is 17.1 Å². The van der Waals surface area contributed by atoms with Crippen molar-refractivity contribution in [1.82, 2.24) is 4.57 Å². The summed E-state index contributed by atoms with van der Waals surface area (Å²) in [5.74, 6) is -0.680. The van der Waals surface area contributed by atoms with Gasteiger partial charge in [-0.05, 0) is 30.3 Å². The molecule has 3 aromatic rings. The summed E-state index contributed by atoms with van der Waals surface area (Å²) in [4.78, 5) is 11.3. The van der Waals surface area contributed by atoms with Crippen LogP contribution in [0.5, 0.6) is 5.75 Å². The third-order valence-electron chi connectivity index (χ3n) is 3.43. The predicted octanol–water partition coefficient (Wildman–Crippen LogP) is 3.56. The maximum absolute atomic E-state index is 12.8. The van der Waals surface area contributed by atoms with Crippen LogP contribution in [0.2, 0.25) is 0 Å². The number of fused-ring (bicyclic) bond motifs is 1. The first kappa shape index (κ1) is 14.1. The van der Waals surface area contributed by atoms with Gasteiger partial charge in [-0.3, -0.25) is 0 Å². The Morgan fingerprint density at radius 2 is 1.86 bits per heavy atom. The molecule has 0 atom stereocenters. The van der Waals surface area contributed by atoms with Crippen LogP contribution in [-0.2, 0) is 6.54 Å². The van der Waals surface area contributed by atoms with E-state index in [1.807, 2.05) is 22.8 Å². The SMILES string of the molecule is O=C(O)c1cn(CCOc2ccc(F)cc2)c2ccccc12. The Morgan fingerprint density at radius 3 is 2.59 bits per heavy atom. The van der Waals surface area contributed by atoms with Crippen molar-refractivity contribution in [2.75, 3.05) is 6.61 Å². The Hall–Kier alpha value is -2.82. The van der Waals surface area contributed by atoms with Crippen molar-refractivity contribution in [1.29, 1.82) is 0 Å². The second-order valence-electron chi connectivity index (χ2n) is 4.86. The minimum Gasteiger partial charge on any atom is -0.492 e. The molecule has 0 spiro atoms. The molecule has 4 nitrogen and oxygen atoms in total. The number of halogens is 1. The molecule has 0 aliphatic heterocycles. The number of nitrogens with zero attached hydrogens (tertiary/aromatic N) is 1. The van der Waals surface area contributed by atoms with Gasteiger partial charge in [-0.15, -0.1) is 0 Å². The normalized spacial score (nSPS) is 10.8. The fraction of sp³-hybridized carbons (Fsp3) is 0.118. The van der Waals surface area contributed by atoms with Crippen LogP contribution in [0.4, 0.5) is 4.39 Å². The first-order valence-electron chi connectivity index (χ1n) is 6.84. The molecular formula is C17H14FNO3. The van der Waals surface area contributed by atoms with Crippen molar-refractivity contribution in [2.45, 2.75) is 6.54 Å². The number of carboxylic acids is 1. The molecule has 2 aromatic carbocycles. The van der Waals surface area contributed by atoms with E-state index in [0.717, 1.165) is 5.52 Å². The largest absolute Gasteiger partial charge is 0.492 e. The van der Waals surface area contributed by atoms with E-state index in [9.17, 15) is 14.3 Å². The lowest BCUT2D eigenvalue weighted by Crippen LogP contribution is -2.07. The third kappa shape index (κ3) is 2.79. The molecule has 0 aliphatic rings. The van der Waals surface area contributed by atoms with Gasteiger partial charge in [0.25, 0.3) is 0 Å². The highest BCUT2D eigenvalue weighted by Crippen LogP contribution is 2.21. The fourth-order valence-electron chi connectivity index (χ4n) is 2.39. The highest BCUT2D eigenvalue weighted by Gasteiger charge is 2.13. The molecule has 0 fully saturated rings. The lowest BCUT2D eigenvalue weighted by Gasteiger charge is -2.08. The van der Waals surface area contributed by atoms with Crippen molar-refractivity contribution >= 4 is 16.9 Å². The van der Waals surface area contributed by atoms with Crippen LogP contribution >= 0.6 is 0 Å². The van der Waals surface area contributed by atoms with Gasteiger partial charge in [-0.2, -0.15) is 0 Å². The number of hydrogen-bond donors (Lipinski definition) is 1. The summed E-state index contributed by atoms with van der Waals surface area (Å²) in [5, 5.41) is 9.95. The average molecular weight is 299 g/mol. The van der Waals surface area contributed by atoms with E-state index >= 15 is 0 Å². The highest BCUT2D eigenvalue weighted by atomic mass is 19.1. The monoisotopic (exact) mass is 299 g/mol. The second kappa shape index (κ2) is 5.89. The van der Waals surface area contributed by atoms with Crippen LogP contribution in [0, 0.1) is 5.82 Å². The van der Waals surface area contributed by atoms with Gasteiger partial charge in [0.05, 0.1) is 12.1 Å². The number of carboxylic acid groups (broad SMARTS) is 1. The van der Waals surface area contributed by atoms with E-state index in [2.05, 4.69) is 0 Å². The number of benzene rings is 2. The lowest BCUT2D eigenvalue weighted by molar-refractivity contribution is 0.0698. The van der Waals surface area contributed by atoms with E-state index in [0.29, 0.717) is 24.3 Å². The van der Waals surface area contributed by atoms with Gasteiger partial charge >= 0.3 is 5.97 Å². The number of aromatic carboxylic acids is 1. The van der Waals surface area contributed by atoms with Crippen LogP contribution in [0.3, 0.4) is 0 Å². The summed E-state index contributed by atoms with van der Waals surface area (Å²) in [6.07, 6.45) is 1.61. The molecule has 1 aromatic heterocycles. The summed E-state index contributed by atoms with van der Waals surface area (Å²) >= 11 is 0.